The number of carbonyl (C=O) groups excluding carboxylic acids is 1. The van der Waals surface area contributed by atoms with Crippen LogP contribution in [0.25, 0.3) is 0 Å². The molecule has 32 heavy (non-hydrogen) atoms. The molecule has 2 aliphatic rings. The number of rotatable bonds is 6. The van der Waals surface area contributed by atoms with Gasteiger partial charge in [-0.3, -0.25) is 9.89 Å². The normalized spacial score (nSPS) is 18.7. The number of nitrogens with zero attached hydrogens (tertiary/aromatic N) is 3. The second-order valence-electron chi connectivity index (χ2n) is 8.81. The third-order valence-corrected chi connectivity index (χ3v) is 6.32. The zero-order valence-corrected chi connectivity index (χ0v) is 22.1. The molecule has 0 aliphatic carbocycles. The minimum absolute atomic E-state index is 0. The van der Waals surface area contributed by atoms with Gasteiger partial charge in [-0.05, 0) is 62.7 Å². The Balaban J connectivity index is 0.00000363. The van der Waals surface area contributed by atoms with Crippen LogP contribution < -0.4 is 10.6 Å². The summed E-state index contributed by atoms with van der Waals surface area (Å²) >= 11 is 0. The number of ether oxygens (including phenoxy) is 1. The summed E-state index contributed by atoms with van der Waals surface area (Å²) in [6.45, 7) is 10.2. The lowest BCUT2D eigenvalue weighted by molar-refractivity contribution is 0.0963. The summed E-state index contributed by atoms with van der Waals surface area (Å²) in [6.07, 6.45) is 4.19. The average Bonchev–Trinajstić information content (AvgIpc) is 2.79. The van der Waals surface area contributed by atoms with Gasteiger partial charge in [-0.2, -0.15) is 0 Å². The quantitative estimate of drug-likeness (QED) is 0.316. The highest BCUT2D eigenvalue weighted by Gasteiger charge is 2.24. The number of halogens is 1. The van der Waals surface area contributed by atoms with E-state index in [9.17, 15) is 4.79 Å². The van der Waals surface area contributed by atoms with Gasteiger partial charge < -0.3 is 20.3 Å². The van der Waals surface area contributed by atoms with Gasteiger partial charge in [0.2, 0.25) is 0 Å². The number of aliphatic imine (C=N–C) groups is 1. The molecule has 0 atom stereocenters. The van der Waals surface area contributed by atoms with Gasteiger partial charge >= 0.3 is 6.09 Å². The van der Waals surface area contributed by atoms with Crippen molar-refractivity contribution in [2.75, 3.05) is 39.8 Å². The van der Waals surface area contributed by atoms with E-state index in [0.29, 0.717) is 25.7 Å². The smallest absolute Gasteiger partial charge is 0.409 e. The number of hydrogen-bond donors (Lipinski definition) is 2. The van der Waals surface area contributed by atoms with Crippen molar-refractivity contribution in [3.63, 3.8) is 0 Å². The maximum Gasteiger partial charge on any atom is 0.409 e. The lowest BCUT2D eigenvalue weighted by atomic mass is 9.98. The first kappa shape index (κ1) is 26.7. The third kappa shape index (κ3) is 8.42. The Morgan fingerprint density at radius 3 is 2.47 bits per heavy atom. The Bertz CT molecular complexity index is 729. The molecule has 2 saturated heterocycles. The Labute approximate surface area is 210 Å². The second kappa shape index (κ2) is 13.9. The summed E-state index contributed by atoms with van der Waals surface area (Å²) in [5, 5.41) is 6.95. The molecule has 0 unspecified atom stereocenters. The van der Waals surface area contributed by atoms with Gasteiger partial charge in [0, 0.05) is 39.3 Å². The predicted molar refractivity (Wildman–Crippen MR) is 140 cm³/mol. The minimum atomic E-state index is -0.206. The average molecular weight is 558 g/mol. The van der Waals surface area contributed by atoms with Crippen molar-refractivity contribution < 1.29 is 9.53 Å². The van der Waals surface area contributed by atoms with Crippen molar-refractivity contribution in [2.45, 2.75) is 58.7 Å². The molecule has 0 bridgehead atoms. The zero-order chi connectivity index (χ0) is 22.1. The molecule has 3 rings (SSSR count). The molecule has 180 valence electrons. The summed E-state index contributed by atoms with van der Waals surface area (Å²) in [4.78, 5) is 20.6. The molecule has 2 N–H and O–H groups in total. The van der Waals surface area contributed by atoms with Gasteiger partial charge in [0.25, 0.3) is 0 Å². The van der Waals surface area contributed by atoms with E-state index in [4.69, 9.17) is 4.74 Å². The molecule has 1 amide bonds. The maximum absolute atomic E-state index is 11.9. The van der Waals surface area contributed by atoms with Crippen LogP contribution in [0.2, 0.25) is 0 Å². The fraction of sp³-hybridized carbons (Fsp3) is 0.667. The number of likely N-dealkylation sites (tertiary alicyclic amines) is 2. The first-order chi connectivity index (χ1) is 15.1. The summed E-state index contributed by atoms with van der Waals surface area (Å²) in [5.41, 5.74) is 2.64. The molecular formula is C24H40IN5O2. The van der Waals surface area contributed by atoms with Gasteiger partial charge in [-0.1, -0.05) is 31.2 Å². The van der Waals surface area contributed by atoms with Crippen molar-refractivity contribution >= 4 is 36.0 Å². The number of carbonyl (C=O) groups is 1. The van der Waals surface area contributed by atoms with E-state index < -0.39 is 0 Å². The second-order valence-corrected chi connectivity index (χ2v) is 8.81. The molecule has 1 aromatic rings. The van der Waals surface area contributed by atoms with Gasteiger partial charge in [0.1, 0.15) is 0 Å². The summed E-state index contributed by atoms with van der Waals surface area (Å²) in [5.74, 6) is 1.67. The third-order valence-electron chi connectivity index (χ3n) is 6.32. The van der Waals surface area contributed by atoms with Crippen LogP contribution in [-0.2, 0) is 17.8 Å². The van der Waals surface area contributed by atoms with Crippen LogP contribution in [0, 0.1) is 5.92 Å². The molecule has 2 fully saturated rings. The van der Waals surface area contributed by atoms with Crippen molar-refractivity contribution in [2.24, 2.45) is 10.9 Å². The van der Waals surface area contributed by atoms with Crippen LogP contribution in [-0.4, -0.2) is 67.7 Å². The van der Waals surface area contributed by atoms with Crippen molar-refractivity contribution in [1.82, 2.24) is 20.4 Å². The Morgan fingerprint density at radius 1 is 1.12 bits per heavy atom. The first-order valence-corrected chi connectivity index (χ1v) is 11.8. The Kier molecular flexibility index (Phi) is 11.6. The van der Waals surface area contributed by atoms with E-state index in [1.807, 2.05) is 6.92 Å². The number of nitrogens with one attached hydrogen (secondary N) is 2. The topological polar surface area (TPSA) is 69.2 Å². The van der Waals surface area contributed by atoms with E-state index in [1.54, 1.807) is 11.9 Å². The molecule has 2 heterocycles. The van der Waals surface area contributed by atoms with Gasteiger partial charge in [0.05, 0.1) is 6.61 Å². The van der Waals surface area contributed by atoms with E-state index in [0.717, 1.165) is 37.8 Å². The molecule has 0 radical (unpaired) electrons. The van der Waals surface area contributed by atoms with E-state index in [-0.39, 0.29) is 30.1 Å². The molecule has 8 heteroatoms. The molecule has 7 nitrogen and oxygen atoms in total. The highest BCUT2D eigenvalue weighted by molar-refractivity contribution is 14.0. The summed E-state index contributed by atoms with van der Waals surface area (Å²) in [7, 11) is 1.80. The number of amides is 1. The van der Waals surface area contributed by atoms with Crippen molar-refractivity contribution in [1.29, 1.82) is 0 Å². The molecular weight excluding hydrogens is 517 g/mol. The maximum atomic E-state index is 11.9. The van der Waals surface area contributed by atoms with Gasteiger partial charge in [-0.25, -0.2) is 4.79 Å². The molecule has 2 aliphatic heterocycles. The minimum Gasteiger partial charge on any atom is -0.450 e. The Hall–Kier alpha value is -1.55. The lowest BCUT2D eigenvalue weighted by Gasteiger charge is -2.32. The lowest BCUT2D eigenvalue weighted by Crippen LogP contribution is -2.49. The summed E-state index contributed by atoms with van der Waals surface area (Å²) in [6, 6.07) is 9.16. The van der Waals surface area contributed by atoms with Gasteiger partial charge in [0.15, 0.2) is 5.96 Å². The molecule has 1 aromatic carbocycles. The summed E-state index contributed by atoms with van der Waals surface area (Å²) < 4.78 is 5.10. The zero-order valence-electron chi connectivity index (χ0n) is 19.8. The van der Waals surface area contributed by atoms with Crippen LogP contribution in [0.3, 0.4) is 0 Å². The van der Waals surface area contributed by atoms with Crippen molar-refractivity contribution in [3.8, 4) is 0 Å². The van der Waals surface area contributed by atoms with Crippen LogP contribution in [0.5, 0.6) is 0 Å². The van der Waals surface area contributed by atoms with Crippen LogP contribution in [0.1, 0.15) is 50.7 Å². The van der Waals surface area contributed by atoms with Crippen LogP contribution >= 0.6 is 24.0 Å². The van der Waals surface area contributed by atoms with Crippen molar-refractivity contribution in [3.05, 3.63) is 35.4 Å². The standard InChI is InChI=1S/C24H39N5O2.HI/c1-4-31-24(30)29-14-10-22(11-15-29)27-23(25-3)26-17-20-6-5-7-21(16-20)18-28-12-8-19(2)9-13-28;/h5-7,16,19,22H,4,8-15,17-18H2,1-3H3,(H2,25,26,27);1H. The highest BCUT2D eigenvalue weighted by atomic mass is 127. The number of piperidine rings is 2. The van der Waals surface area contributed by atoms with Crippen LogP contribution in [0.15, 0.2) is 29.3 Å². The molecule has 0 aromatic heterocycles. The van der Waals surface area contributed by atoms with E-state index >= 15 is 0 Å². The monoisotopic (exact) mass is 557 g/mol. The molecule has 0 spiro atoms. The first-order valence-electron chi connectivity index (χ1n) is 11.8. The number of guanidine groups is 1. The fourth-order valence-corrected chi connectivity index (χ4v) is 4.31. The van der Waals surface area contributed by atoms with E-state index in [1.165, 1.54) is 37.1 Å². The largest absolute Gasteiger partial charge is 0.450 e. The highest BCUT2D eigenvalue weighted by Crippen LogP contribution is 2.18. The van der Waals surface area contributed by atoms with Gasteiger partial charge in [-0.15, -0.1) is 24.0 Å². The Morgan fingerprint density at radius 2 is 1.81 bits per heavy atom. The number of benzene rings is 1. The SMILES string of the molecule is CCOC(=O)N1CCC(NC(=NC)NCc2cccc(CN3CCC(C)CC3)c2)CC1.I. The number of hydrogen-bond acceptors (Lipinski definition) is 4. The molecule has 0 saturated carbocycles. The van der Waals surface area contributed by atoms with E-state index in [2.05, 4.69) is 51.7 Å². The fourth-order valence-electron chi connectivity index (χ4n) is 4.31. The predicted octanol–water partition coefficient (Wildman–Crippen LogP) is 3.82. The van der Waals surface area contributed by atoms with Crippen LogP contribution in [0.4, 0.5) is 4.79 Å².